The predicted molar refractivity (Wildman–Crippen MR) is 70.8 cm³/mol. The topological polar surface area (TPSA) is 77.0 Å². The van der Waals surface area contributed by atoms with E-state index in [2.05, 4.69) is 9.71 Å². The number of benzene rings is 1. The summed E-state index contributed by atoms with van der Waals surface area (Å²) in [4.78, 5) is 4.53. The maximum atomic E-state index is 11.9. The van der Waals surface area contributed by atoms with Crippen molar-refractivity contribution in [2.24, 2.45) is 4.99 Å². The van der Waals surface area contributed by atoms with Crippen LogP contribution in [0, 0.1) is 0 Å². The monoisotopic (exact) mass is 284 g/mol. The molecule has 1 unspecified atom stereocenters. The van der Waals surface area contributed by atoms with Gasteiger partial charge in [-0.3, -0.25) is 9.71 Å². The molecule has 0 fully saturated rings. The number of ether oxygens (including phenoxy) is 2. The van der Waals surface area contributed by atoms with Crippen molar-refractivity contribution in [3.63, 3.8) is 0 Å². The van der Waals surface area contributed by atoms with Gasteiger partial charge in [-0.05, 0) is 12.1 Å². The highest BCUT2D eigenvalue weighted by Gasteiger charge is 2.30. The molecule has 6 nitrogen and oxygen atoms in total. The lowest BCUT2D eigenvalue weighted by Gasteiger charge is -2.11. The molecule has 1 aliphatic heterocycles. The first kappa shape index (κ1) is 14.0. The van der Waals surface area contributed by atoms with Gasteiger partial charge in [-0.2, -0.15) is 0 Å². The summed E-state index contributed by atoms with van der Waals surface area (Å²) in [6.07, 6.45) is -0.199. The second-order valence-corrected chi connectivity index (χ2v) is 5.75. The Morgan fingerprint density at radius 1 is 1.32 bits per heavy atom. The molecule has 1 N–H and O–H groups in total. The zero-order chi connectivity index (χ0) is 13.9. The minimum Gasteiger partial charge on any atom is -0.382 e. The van der Waals surface area contributed by atoms with Crippen molar-refractivity contribution >= 4 is 15.9 Å². The molecule has 1 aromatic rings. The normalized spacial score (nSPS) is 20.0. The molecule has 0 saturated heterocycles. The van der Waals surface area contributed by atoms with Crippen molar-refractivity contribution in [3.8, 4) is 0 Å². The Morgan fingerprint density at radius 2 is 2.05 bits per heavy atom. The van der Waals surface area contributed by atoms with E-state index in [0.29, 0.717) is 24.6 Å². The fraction of sp³-hybridized carbons (Fsp3) is 0.417. The van der Waals surface area contributed by atoms with Gasteiger partial charge in [0.05, 0.1) is 24.2 Å². The molecular weight excluding hydrogens is 268 g/mol. The van der Waals surface area contributed by atoms with E-state index in [4.69, 9.17) is 9.47 Å². The second-order valence-electron chi connectivity index (χ2n) is 4.10. The highest BCUT2D eigenvalue weighted by Crippen LogP contribution is 2.22. The van der Waals surface area contributed by atoms with E-state index in [9.17, 15) is 8.42 Å². The molecule has 1 aromatic carbocycles. The van der Waals surface area contributed by atoms with Crippen LogP contribution in [0.15, 0.2) is 34.2 Å². The highest BCUT2D eigenvalue weighted by atomic mass is 32.2. The molecule has 1 heterocycles. The number of rotatable bonds is 5. The Kier molecular flexibility index (Phi) is 4.18. The minimum absolute atomic E-state index is 0.199. The SMILES string of the molecule is COCC(CN=C1NS(=O)(=O)c2ccccc21)OC. The lowest BCUT2D eigenvalue weighted by molar-refractivity contribution is 0.0344. The summed E-state index contributed by atoms with van der Waals surface area (Å²) in [5.41, 5.74) is 0.592. The Bertz CT molecular complexity index is 583. The van der Waals surface area contributed by atoms with Crippen LogP contribution in [0.4, 0.5) is 0 Å². The summed E-state index contributed by atoms with van der Waals surface area (Å²) in [6.45, 7) is 0.734. The van der Waals surface area contributed by atoms with Crippen molar-refractivity contribution in [1.82, 2.24) is 4.72 Å². The molecule has 1 atom stereocenters. The fourth-order valence-electron chi connectivity index (χ4n) is 1.83. The average Bonchev–Trinajstić information content (AvgIpc) is 2.67. The van der Waals surface area contributed by atoms with Crippen LogP contribution in [0.3, 0.4) is 0 Å². The third kappa shape index (κ3) is 2.94. The van der Waals surface area contributed by atoms with Crippen LogP contribution in [0.2, 0.25) is 0 Å². The zero-order valence-electron chi connectivity index (χ0n) is 10.8. The highest BCUT2D eigenvalue weighted by molar-refractivity contribution is 7.90. The number of nitrogens with one attached hydrogen (secondary N) is 1. The number of fused-ring (bicyclic) bond motifs is 1. The van der Waals surface area contributed by atoms with E-state index >= 15 is 0 Å². The Hall–Kier alpha value is -1.44. The second kappa shape index (κ2) is 5.68. The van der Waals surface area contributed by atoms with Crippen LogP contribution in [0.5, 0.6) is 0 Å². The van der Waals surface area contributed by atoms with Crippen LogP contribution in [-0.2, 0) is 19.5 Å². The third-order valence-corrected chi connectivity index (χ3v) is 4.20. The van der Waals surface area contributed by atoms with Crippen LogP contribution in [0.25, 0.3) is 0 Å². The maximum absolute atomic E-state index is 11.9. The van der Waals surface area contributed by atoms with Gasteiger partial charge in [0.25, 0.3) is 10.0 Å². The van der Waals surface area contributed by atoms with E-state index in [1.54, 1.807) is 38.5 Å². The molecule has 1 aliphatic rings. The van der Waals surface area contributed by atoms with E-state index < -0.39 is 10.0 Å². The van der Waals surface area contributed by atoms with Crippen LogP contribution in [-0.4, -0.2) is 47.7 Å². The summed E-state index contributed by atoms with van der Waals surface area (Å²) in [5, 5.41) is 0. The molecule has 0 spiro atoms. The Balaban J connectivity index is 2.24. The first-order chi connectivity index (χ1) is 9.08. The number of sulfonamides is 1. The number of hydrogen-bond acceptors (Lipinski definition) is 5. The molecule has 0 bridgehead atoms. The number of methoxy groups -OCH3 is 2. The smallest absolute Gasteiger partial charge is 0.263 e. The minimum atomic E-state index is -3.47. The zero-order valence-corrected chi connectivity index (χ0v) is 11.6. The average molecular weight is 284 g/mol. The number of hydrogen-bond donors (Lipinski definition) is 1. The third-order valence-electron chi connectivity index (χ3n) is 2.80. The van der Waals surface area contributed by atoms with Crippen molar-refractivity contribution in [1.29, 1.82) is 0 Å². The molecular formula is C12H16N2O4S. The quantitative estimate of drug-likeness (QED) is 0.848. The lowest BCUT2D eigenvalue weighted by atomic mass is 10.2. The summed E-state index contributed by atoms with van der Waals surface area (Å²) in [7, 11) is -0.332. The summed E-state index contributed by atoms with van der Waals surface area (Å²) < 4.78 is 36.3. The molecule has 104 valence electrons. The number of nitrogens with zero attached hydrogens (tertiary/aromatic N) is 1. The summed E-state index contributed by atoms with van der Waals surface area (Å²) >= 11 is 0. The molecule has 0 amide bonds. The Morgan fingerprint density at radius 3 is 2.74 bits per heavy atom. The van der Waals surface area contributed by atoms with Crippen molar-refractivity contribution < 1.29 is 17.9 Å². The molecule has 0 aromatic heterocycles. The molecule has 0 radical (unpaired) electrons. The molecule has 7 heteroatoms. The van der Waals surface area contributed by atoms with Gasteiger partial charge in [0.15, 0.2) is 0 Å². The largest absolute Gasteiger partial charge is 0.382 e. The van der Waals surface area contributed by atoms with E-state index in [0.717, 1.165) is 0 Å². The van der Waals surface area contributed by atoms with E-state index in [1.165, 1.54) is 0 Å². The number of amidine groups is 1. The fourth-order valence-corrected chi connectivity index (χ4v) is 3.08. The van der Waals surface area contributed by atoms with E-state index in [-0.39, 0.29) is 11.0 Å². The predicted octanol–water partition coefficient (Wildman–Crippen LogP) is 0.386. The first-order valence-electron chi connectivity index (χ1n) is 5.77. The van der Waals surface area contributed by atoms with Crippen LogP contribution in [0.1, 0.15) is 5.56 Å². The summed E-state index contributed by atoms with van der Waals surface area (Å²) in [5.74, 6) is 0.355. The first-order valence-corrected chi connectivity index (χ1v) is 7.25. The maximum Gasteiger partial charge on any atom is 0.263 e. The van der Waals surface area contributed by atoms with Crippen LogP contribution < -0.4 is 4.72 Å². The standard InChI is InChI=1S/C12H16N2O4S/c1-17-8-9(18-2)7-13-12-10-5-3-4-6-11(10)19(15,16)14-12/h3-6,9H,7-8H2,1-2H3,(H,13,14). The number of aliphatic imine (C=N–C) groups is 1. The van der Waals surface area contributed by atoms with Gasteiger partial charge in [0.2, 0.25) is 0 Å². The van der Waals surface area contributed by atoms with Crippen molar-refractivity contribution in [2.75, 3.05) is 27.4 Å². The van der Waals surface area contributed by atoms with Crippen molar-refractivity contribution in [3.05, 3.63) is 29.8 Å². The van der Waals surface area contributed by atoms with Crippen LogP contribution >= 0.6 is 0 Å². The van der Waals surface area contributed by atoms with Gasteiger partial charge in [-0.25, -0.2) is 8.42 Å². The van der Waals surface area contributed by atoms with Crippen molar-refractivity contribution in [2.45, 2.75) is 11.0 Å². The Labute approximate surface area is 112 Å². The molecule has 2 rings (SSSR count). The summed E-state index contributed by atoms with van der Waals surface area (Å²) in [6, 6.07) is 6.75. The van der Waals surface area contributed by atoms with Gasteiger partial charge < -0.3 is 9.47 Å². The van der Waals surface area contributed by atoms with Gasteiger partial charge in [0.1, 0.15) is 5.84 Å². The van der Waals surface area contributed by atoms with Gasteiger partial charge >= 0.3 is 0 Å². The van der Waals surface area contributed by atoms with Gasteiger partial charge in [-0.1, -0.05) is 12.1 Å². The molecule has 0 aliphatic carbocycles. The van der Waals surface area contributed by atoms with E-state index in [1.807, 2.05) is 0 Å². The molecule has 0 saturated carbocycles. The van der Waals surface area contributed by atoms with Gasteiger partial charge in [0, 0.05) is 19.8 Å². The lowest BCUT2D eigenvalue weighted by Crippen LogP contribution is -2.26. The van der Waals surface area contributed by atoms with Gasteiger partial charge in [-0.15, -0.1) is 0 Å². The molecule has 19 heavy (non-hydrogen) atoms.